The number of nitrogens with one attached hydrogen (secondary N) is 1. The van der Waals surface area contributed by atoms with E-state index in [0.29, 0.717) is 12.5 Å². The van der Waals surface area contributed by atoms with Gasteiger partial charge in [-0.1, -0.05) is 13.8 Å². The van der Waals surface area contributed by atoms with E-state index >= 15 is 0 Å². The number of nitrogens with two attached hydrogens (primary N) is 1. The number of aryl methyl sites for hydroxylation is 1. The van der Waals surface area contributed by atoms with Gasteiger partial charge < -0.3 is 4.74 Å². The number of nitrogens with zero attached hydrogens (tertiary/aromatic N) is 2. The highest BCUT2D eigenvalue weighted by Crippen LogP contribution is 2.23. The Balaban J connectivity index is 2.87. The summed E-state index contributed by atoms with van der Waals surface area (Å²) in [5.41, 5.74) is 3.91. The van der Waals surface area contributed by atoms with Crippen LogP contribution >= 0.6 is 0 Å². The molecule has 3 N–H and O–H groups in total. The van der Waals surface area contributed by atoms with Crippen molar-refractivity contribution in [3.63, 3.8) is 0 Å². The molecule has 0 aliphatic carbocycles. The summed E-state index contributed by atoms with van der Waals surface area (Å²) in [4.78, 5) is 0. The van der Waals surface area contributed by atoms with Gasteiger partial charge in [0.05, 0.1) is 18.3 Å². The van der Waals surface area contributed by atoms with Crippen LogP contribution in [-0.4, -0.2) is 22.5 Å². The molecule has 0 amide bonds. The molecule has 0 saturated heterocycles. The Morgan fingerprint density at radius 3 is 2.59 bits per heavy atom. The van der Waals surface area contributed by atoms with Gasteiger partial charge in [0.1, 0.15) is 0 Å². The Morgan fingerprint density at radius 2 is 2.18 bits per heavy atom. The molecule has 0 fully saturated rings. The minimum Gasteiger partial charge on any atom is -0.376 e. The molecule has 2 unspecified atom stereocenters. The maximum absolute atomic E-state index is 5.77. The summed E-state index contributed by atoms with van der Waals surface area (Å²) in [5, 5.41) is 4.27. The molecule has 0 aliphatic heterocycles. The second kappa shape index (κ2) is 6.74. The second-order valence-corrected chi connectivity index (χ2v) is 4.44. The smallest absolute Gasteiger partial charge is 0.0806 e. The van der Waals surface area contributed by atoms with Crippen molar-refractivity contribution in [1.29, 1.82) is 0 Å². The summed E-state index contributed by atoms with van der Waals surface area (Å²) in [6, 6.07) is -0.0183. The number of rotatable bonds is 7. The largest absolute Gasteiger partial charge is 0.376 e. The molecule has 1 heterocycles. The first-order valence-electron chi connectivity index (χ1n) is 6.24. The molecular formula is C12H24N4O. The molecule has 2 atom stereocenters. The second-order valence-electron chi connectivity index (χ2n) is 4.44. The zero-order valence-corrected chi connectivity index (χ0v) is 11.2. The molecule has 0 radical (unpaired) electrons. The zero-order valence-electron chi connectivity index (χ0n) is 11.2. The Bertz CT molecular complexity index is 324. The average Bonchev–Trinajstić information content (AvgIpc) is 2.77. The van der Waals surface area contributed by atoms with E-state index in [1.54, 1.807) is 0 Å². The lowest BCUT2D eigenvalue weighted by Crippen LogP contribution is -2.40. The number of hydrogen-bond acceptors (Lipinski definition) is 4. The van der Waals surface area contributed by atoms with Crippen LogP contribution in [-0.2, 0) is 11.3 Å². The van der Waals surface area contributed by atoms with E-state index in [1.807, 2.05) is 24.0 Å². The number of hydrazine groups is 1. The van der Waals surface area contributed by atoms with Crippen molar-refractivity contribution in [2.75, 3.05) is 6.61 Å². The molecule has 5 nitrogen and oxygen atoms in total. The fourth-order valence-electron chi connectivity index (χ4n) is 1.96. The van der Waals surface area contributed by atoms with E-state index in [4.69, 9.17) is 10.6 Å². The summed E-state index contributed by atoms with van der Waals surface area (Å²) in [5.74, 6) is 6.05. The molecule has 0 spiro atoms. The van der Waals surface area contributed by atoms with Crippen LogP contribution in [0, 0.1) is 5.92 Å². The number of ether oxygens (including phenoxy) is 1. The highest BCUT2D eigenvalue weighted by atomic mass is 16.5. The molecular weight excluding hydrogens is 216 g/mol. The Kier molecular flexibility index (Phi) is 5.61. The summed E-state index contributed by atoms with van der Waals surface area (Å²) in [7, 11) is 0. The lowest BCUT2D eigenvalue weighted by atomic mass is 9.96. The molecule has 5 heteroatoms. The average molecular weight is 240 g/mol. The predicted molar refractivity (Wildman–Crippen MR) is 68.2 cm³/mol. The molecule has 98 valence electrons. The monoisotopic (exact) mass is 240 g/mol. The van der Waals surface area contributed by atoms with E-state index < -0.39 is 0 Å². The van der Waals surface area contributed by atoms with Gasteiger partial charge >= 0.3 is 0 Å². The van der Waals surface area contributed by atoms with Gasteiger partial charge in [-0.15, -0.1) is 0 Å². The third kappa shape index (κ3) is 3.52. The summed E-state index contributed by atoms with van der Waals surface area (Å²) in [6.45, 7) is 9.87. The minimum absolute atomic E-state index is 0.0183. The van der Waals surface area contributed by atoms with Gasteiger partial charge in [-0.3, -0.25) is 16.0 Å². The van der Waals surface area contributed by atoms with Crippen LogP contribution in [0.2, 0.25) is 0 Å². The van der Waals surface area contributed by atoms with Gasteiger partial charge in [-0.05, 0) is 19.8 Å². The first kappa shape index (κ1) is 14.2. The van der Waals surface area contributed by atoms with Crippen molar-refractivity contribution >= 4 is 0 Å². The van der Waals surface area contributed by atoms with Gasteiger partial charge in [0.25, 0.3) is 0 Å². The Morgan fingerprint density at radius 1 is 1.47 bits per heavy atom. The predicted octanol–water partition coefficient (Wildman–Crippen LogP) is 1.47. The van der Waals surface area contributed by atoms with E-state index in [-0.39, 0.29) is 12.1 Å². The molecule has 1 aromatic rings. The third-order valence-corrected chi connectivity index (χ3v) is 2.86. The van der Waals surface area contributed by atoms with Gasteiger partial charge in [-0.2, -0.15) is 5.10 Å². The molecule has 17 heavy (non-hydrogen) atoms. The van der Waals surface area contributed by atoms with Crippen molar-refractivity contribution < 1.29 is 4.74 Å². The van der Waals surface area contributed by atoms with Crippen LogP contribution in [0.25, 0.3) is 0 Å². The van der Waals surface area contributed by atoms with Crippen molar-refractivity contribution in [3.8, 4) is 0 Å². The molecule has 0 aromatic carbocycles. The standard InChI is InChI=1S/C12H24N4O/c1-5-16-8-10(7-14-16)11(15-13)12(9(3)4)17-6-2/h7-9,11-12,15H,5-6,13H2,1-4H3. The number of hydrogen-bond donors (Lipinski definition) is 2. The highest BCUT2D eigenvalue weighted by Gasteiger charge is 2.26. The minimum atomic E-state index is -0.0183. The quantitative estimate of drug-likeness (QED) is 0.559. The van der Waals surface area contributed by atoms with Crippen LogP contribution in [0.3, 0.4) is 0 Å². The maximum Gasteiger partial charge on any atom is 0.0806 e. The van der Waals surface area contributed by atoms with E-state index in [0.717, 1.165) is 12.1 Å². The van der Waals surface area contributed by atoms with E-state index in [9.17, 15) is 0 Å². The van der Waals surface area contributed by atoms with Crippen LogP contribution in [0.1, 0.15) is 39.3 Å². The van der Waals surface area contributed by atoms with Crippen LogP contribution in [0.4, 0.5) is 0 Å². The lowest BCUT2D eigenvalue weighted by molar-refractivity contribution is 0.00275. The molecule has 1 aromatic heterocycles. The van der Waals surface area contributed by atoms with Crippen molar-refractivity contribution in [3.05, 3.63) is 18.0 Å². The first-order chi connectivity index (χ1) is 8.13. The van der Waals surface area contributed by atoms with E-state index in [1.165, 1.54) is 0 Å². The van der Waals surface area contributed by atoms with Crippen molar-refractivity contribution in [2.24, 2.45) is 11.8 Å². The SMILES string of the molecule is CCOC(C(C)C)C(NN)c1cnn(CC)c1. The van der Waals surface area contributed by atoms with Gasteiger partial charge in [0.2, 0.25) is 0 Å². The highest BCUT2D eigenvalue weighted by molar-refractivity contribution is 5.12. The Labute approximate surface area is 103 Å². The van der Waals surface area contributed by atoms with Gasteiger partial charge in [0, 0.05) is 24.9 Å². The van der Waals surface area contributed by atoms with Gasteiger partial charge in [-0.25, -0.2) is 0 Å². The molecule has 1 rings (SSSR count). The van der Waals surface area contributed by atoms with Crippen LogP contribution in [0.5, 0.6) is 0 Å². The topological polar surface area (TPSA) is 65.1 Å². The number of aromatic nitrogens is 2. The van der Waals surface area contributed by atoms with Crippen LogP contribution in [0.15, 0.2) is 12.4 Å². The maximum atomic E-state index is 5.77. The first-order valence-corrected chi connectivity index (χ1v) is 6.24. The third-order valence-electron chi connectivity index (χ3n) is 2.86. The fourth-order valence-corrected chi connectivity index (χ4v) is 1.96. The molecule has 0 saturated carbocycles. The zero-order chi connectivity index (χ0) is 12.8. The molecule has 0 bridgehead atoms. The normalized spacial score (nSPS) is 15.2. The fraction of sp³-hybridized carbons (Fsp3) is 0.750. The van der Waals surface area contributed by atoms with Crippen molar-refractivity contribution in [1.82, 2.24) is 15.2 Å². The molecule has 0 aliphatic rings. The van der Waals surface area contributed by atoms with Crippen molar-refractivity contribution in [2.45, 2.75) is 46.4 Å². The summed E-state index contributed by atoms with van der Waals surface area (Å²) in [6.07, 6.45) is 3.92. The lowest BCUT2D eigenvalue weighted by Gasteiger charge is -2.28. The van der Waals surface area contributed by atoms with E-state index in [2.05, 4.69) is 31.3 Å². The summed E-state index contributed by atoms with van der Waals surface area (Å²) < 4.78 is 7.67. The Hall–Kier alpha value is -0.910. The van der Waals surface area contributed by atoms with Gasteiger partial charge in [0.15, 0.2) is 0 Å². The van der Waals surface area contributed by atoms with Crippen LogP contribution < -0.4 is 11.3 Å². The summed E-state index contributed by atoms with van der Waals surface area (Å²) >= 11 is 0.